The molecule has 0 saturated carbocycles. The molecule has 0 aromatic heterocycles. The van der Waals surface area contributed by atoms with Crippen molar-refractivity contribution in [3.8, 4) is 5.75 Å². The van der Waals surface area contributed by atoms with Crippen molar-refractivity contribution in [2.24, 2.45) is 5.16 Å². The van der Waals surface area contributed by atoms with E-state index in [1.165, 1.54) is 0 Å². The number of hydrogen-bond donors (Lipinski definition) is 1. The normalized spacial score (nSPS) is 10.4. The summed E-state index contributed by atoms with van der Waals surface area (Å²) in [5.41, 5.74) is 3.42. The predicted octanol–water partition coefficient (Wildman–Crippen LogP) is 5.61. The van der Waals surface area contributed by atoms with Gasteiger partial charge in [0.05, 0.1) is 6.42 Å². The van der Waals surface area contributed by atoms with Crippen LogP contribution in [0.1, 0.15) is 16.7 Å². The fourth-order valence-corrected chi connectivity index (χ4v) is 3.96. The van der Waals surface area contributed by atoms with Gasteiger partial charge in [-0.05, 0) is 54.5 Å². The second kappa shape index (κ2) is 12.2. The molecule has 0 saturated heterocycles. The minimum atomic E-state index is -0.872. The van der Waals surface area contributed by atoms with Crippen molar-refractivity contribution in [3.63, 3.8) is 0 Å². The average Bonchev–Trinajstić information content (AvgIpc) is 2.81. The maximum atomic E-state index is 10.9. The van der Waals surface area contributed by atoms with Gasteiger partial charge >= 0.3 is 5.97 Å². The molecule has 3 rings (SSSR count). The van der Waals surface area contributed by atoms with Crippen LogP contribution in [-0.4, -0.2) is 42.5 Å². The molecular weight excluding hydrogens is 442 g/mol. The summed E-state index contributed by atoms with van der Waals surface area (Å²) in [5, 5.41) is 13.4. The maximum Gasteiger partial charge on any atom is 0.307 e. The van der Waals surface area contributed by atoms with Crippen molar-refractivity contribution in [2.45, 2.75) is 16.2 Å². The second-order valence-corrected chi connectivity index (χ2v) is 8.56. The van der Waals surface area contributed by atoms with Gasteiger partial charge in [0.15, 0.2) is 6.61 Å². The third kappa shape index (κ3) is 7.07. The van der Waals surface area contributed by atoms with Crippen LogP contribution in [0.4, 0.5) is 0 Å². The summed E-state index contributed by atoms with van der Waals surface area (Å²) in [6.45, 7) is 0.556. The molecule has 0 spiro atoms. The SMILES string of the molecule is CSc1cccc(C(=NOCCOc2cccc(CC(=O)O)c2)c2cccc(SC)c2)c1. The highest BCUT2D eigenvalue weighted by Gasteiger charge is 2.10. The molecule has 3 aromatic carbocycles. The highest BCUT2D eigenvalue weighted by Crippen LogP contribution is 2.22. The number of ether oxygens (including phenoxy) is 1. The van der Waals surface area contributed by atoms with E-state index in [1.54, 1.807) is 47.8 Å². The zero-order chi connectivity index (χ0) is 22.8. The van der Waals surface area contributed by atoms with E-state index in [9.17, 15) is 4.79 Å². The lowest BCUT2D eigenvalue weighted by Crippen LogP contribution is -2.09. The third-order valence-electron chi connectivity index (χ3n) is 4.54. The van der Waals surface area contributed by atoms with E-state index in [-0.39, 0.29) is 13.0 Å². The first-order chi connectivity index (χ1) is 15.6. The van der Waals surface area contributed by atoms with Crippen LogP contribution < -0.4 is 4.74 Å². The second-order valence-electron chi connectivity index (χ2n) is 6.80. The Morgan fingerprint density at radius 3 is 2.09 bits per heavy atom. The fourth-order valence-electron chi connectivity index (χ4n) is 3.04. The maximum absolute atomic E-state index is 10.9. The molecular formula is C25H25NO4S2. The lowest BCUT2D eigenvalue weighted by molar-refractivity contribution is -0.136. The average molecular weight is 468 g/mol. The lowest BCUT2D eigenvalue weighted by Gasteiger charge is -2.11. The van der Waals surface area contributed by atoms with Crippen molar-refractivity contribution >= 4 is 35.2 Å². The summed E-state index contributed by atoms with van der Waals surface area (Å²) >= 11 is 3.36. The molecule has 0 aliphatic rings. The van der Waals surface area contributed by atoms with Gasteiger partial charge in [-0.1, -0.05) is 41.6 Å². The molecule has 0 bridgehead atoms. The Labute approximate surface area is 196 Å². The number of hydrogen-bond acceptors (Lipinski definition) is 6. The summed E-state index contributed by atoms with van der Waals surface area (Å²) in [6.07, 6.45) is 4.05. The first kappa shape index (κ1) is 23.8. The van der Waals surface area contributed by atoms with Crippen molar-refractivity contribution < 1.29 is 19.5 Å². The number of thioether (sulfide) groups is 2. The minimum absolute atomic E-state index is 0.0361. The Bertz CT molecular complexity index is 1040. The van der Waals surface area contributed by atoms with E-state index >= 15 is 0 Å². The smallest absolute Gasteiger partial charge is 0.307 e. The predicted molar refractivity (Wildman–Crippen MR) is 131 cm³/mol. The standard InChI is InChI=1S/C25H25NO4S2/c1-31-22-10-4-7-19(16-22)25(20-8-5-11-23(17-20)32-2)26-30-13-12-29-21-9-3-6-18(14-21)15-24(27)28/h3-11,14,16-17H,12-13,15H2,1-2H3,(H,27,28). The van der Waals surface area contributed by atoms with Crippen LogP contribution in [0.3, 0.4) is 0 Å². The van der Waals surface area contributed by atoms with Gasteiger partial charge in [-0.25, -0.2) is 0 Å². The van der Waals surface area contributed by atoms with E-state index in [2.05, 4.69) is 29.4 Å². The van der Waals surface area contributed by atoms with Crippen LogP contribution in [0.25, 0.3) is 0 Å². The summed E-state index contributed by atoms with van der Waals surface area (Å²) in [6, 6.07) is 23.5. The topological polar surface area (TPSA) is 68.1 Å². The molecule has 0 radical (unpaired) electrons. The Morgan fingerprint density at radius 1 is 0.875 bits per heavy atom. The van der Waals surface area contributed by atoms with E-state index in [0.29, 0.717) is 17.9 Å². The van der Waals surface area contributed by atoms with Crippen molar-refractivity contribution in [2.75, 3.05) is 25.7 Å². The zero-order valence-electron chi connectivity index (χ0n) is 18.0. The molecule has 32 heavy (non-hydrogen) atoms. The first-order valence-electron chi connectivity index (χ1n) is 10.0. The number of rotatable bonds is 11. The van der Waals surface area contributed by atoms with Gasteiger partial charge < -0.3 is 14.7 Å². The van der Waals surface area contributed by atoms with Gasteiger partial charge in [0.2, 0.25) is 0 Å². The number of benzene rings is 3. The molecule has 7 heteroatoms. The summed E-state index contributed by atoms with van der Waals surface area (Å²) in [7, 11) is 0. The van der Waals surface area contributed by atoms with Gasteiger partial charge in [-0.2, -0.15) is 0 Å². The third-order valence-corrected chi connectivity index (χ3v) is 5.99. The summed E-state index contributed by atoms with van der Waals surface area (Å²) < 4.78 is 5.70. The Morgan fingerprint density at radius 2 is 1.50 bits per heavy atom. The summed E-state index contributed by atoms with van der Waals surface area (Å²) in [5.74, 6) is -0.264. The molecule has 1 N–H and O–H groups in total. The number of aliphatic carboxylic acids is 1. The van der Waals surface area contributed by atoms with Crippen LogP contribution >= 0.6 is 23.5 Å². The zero-order valence-corrected chi connectivity index (χ0v) is 19.6. The van der Waals surface area contributed by atoms with Crippen LogP contribution in [0.15, 0.2) is 87.7 Å². The largest absolute Gasteiger partial charge is 0.490 e. The first-order valence-corrected chi connectivity index (χ1v) is 12.5. The summed E-state index contributed by atoms with van der Waals surface area (Å²) in [4.78, 5) is 18.8. The number of oxime groups is 1. The van der Waals surface area contributed by atoms with Gasteiger partial charge in [-0.15, -0.1) is 23.5 Å². The Kier molecular flexibility index (Phi) is 9.07. The van der Waals surface area contributed by atoms with Gasteiger partial charge in [0.25, 0.3) is 0 Å². The van der Waals surface area contributed by atoms with Crippen LogP contribution in [0, 0.1) is 0 Å². The molecule has 0 aliphatic heterocycles. The molecule has 0 atom stereocenters. The Hall–Kier alpha value is -2.90. The molecule has 0 fully saturated rings. The Balaban J connectivity index is 1.70. The van der Waals surface area contributed by atoms with Crippen molar-refractivity contribution in [1.29, 1.82) is 0 Å². The van der Waals surface area contributed by atoms with Gasteiger partial charge in [-0.3, -0.25) is 4.79 Å². The van der Waals surface area contributed by atoms with E-state index in [0.717, 1.165) is 26.6 Å². The fraction of sp³-hybridized carbons (Fsp3) is 0.200. The van der Waals surface area contributed by atoms with E-state index < -0.39 is 5.97 Å². The van der Waals surface area contributed by atoms with Gasteiger partial charge in [0.1, 0.15) is 18.1 Å². The molecule has 0 aliphatic carbocycles. The van der Waals surface area contributed by atoms with Crippen LogP contribution in [-0.2, 0) is 16.1 Å². The highest BCUT2D eigenvalue weighted by molar-refractivity contribution is 7.98. The van der Waals surface area contributed by atoms with Crippen molar-refractivity contribution in [3.05, 3.63) is 89.5 Å². The molecule has 0 unspecified atom stereocenters. The number of carboxylic acids is 1. The lowest BCUT2D eigenvalue weighted by atomic mass is 10.0. The molecule has 0 amide bonds. The van der Waals surface area contributed by atoms with Crippen molar-refractivity contribution in [1.82, 2.24) is 0 Å². The molecule has 166 valence electrons. The highest BCUT2D eigenvalue weighted by atomic mass is 32.2. The van der Waals surface area contributed by atoms with E-state index in [4.69, 9.17) is 14.7 Å². The number of carbonyl (C=O) groups is 1. The molecule has 3 aromatic rings. The van der Waals surface area contributed by atoms with E-state index in [1.807, 2.05) is 36.8 Å². The van der Waals surface area contributed by atoms with Crippen LogP contribution in [0.5, 0.6) is 5.75 Å². The minimum Gasteiger partial charge on any atom is -0.490 e. The molecule has 5 nitrogen and oxygen atoms in total. The monoisotopic (exact) mass is 467 g/mol. The van der Waals surface area contributed by atoms with Crippen LogP contribution in [0.2, 0.25) is 0 Å². The number of nitrogens with zero attached hydrogens (tertiary/aromatic N) is 1. The molecule has 0 heterocycles. The van der Waals surface area contributed by atoms with Gasteiger partial charge in [0, 0.05) is 20.9 Å². The quantitative estimate of drug-likeness (QED) is 0.171. The number of carboxylic acid groups (broad SMARTS) is 1.